The molecule has 0 spiro atoms. The van der Waals surface area contributed by atoms with Crippen LogP contribution in [0.2, 0.25) is 0 Å². The summed E-state index contributed by atoms with van der Waals surface area (Å²) < 4.78 is 2.24. The Morgan fingerprint density at radius 2 is 2.00 bits per heavy atom. The second kappa shape index (κ2) is 5.64. The number of hydrogen-bond acceptors (Lipinski definition) is 2. The molecule has 1 fully saturated rings. The molecule has 0 aliphatic carbocycles. The maximum Gasteiger partial charge on any atom is 0.0948 e. The van der Waals surface area contributed by atoms with Gasteiger partial charge in [0.25, 0.3) is 0 Å². The van der Waals surface area contributed by atoms with Crippen molar-refractivity contribution in [3.8, 4) is 0 Å². The largest absolute Gasteiger partial charge is 0.334 e. The highest BCUT2D eigenvalue weighted by molar-refractivity contribution is 5.24. The number of benzene rings is 1. The number of likely N-dealkylation sites (tertiary alicyclic amines) is 1. The summed E-state index contributed by atoms with van der Waals surface area (Å²) in [5, 5.41) is 0. The van der Waals surface area contributed by atoms with Gasteiger partial charge >= 0.3 is 0 Å². The van der Waals surface area contributed by atoms with Gasteiger partial charge in [0.15, 0.2) is 0 Å². The van der Waals surface area contributed by atoms with Crippen molar-refractivity contribution in [2.45, 2.75) is 39.8 Å². The first kappa shape index (κ1) is 14.3. The first-order chi connectivity index (χ1) is 10.1. The molecule has 1 aromatic carbocycles. The quantitative estimate of drug-likeness (QED) is 0.856. The molecule has 0 unspecified atom stereocenters. The van der Waals surface area contributed by atoms with Crippen molar-refractivity contribution < 1.29 is 0 Å². The van der Waals surface area contributed by atoms with Crippen molar-refractivity contribution in [2.24, 2.45) is 5.41 Å². The van der Waals surface area contributed by atoms with E-state index in [0.29, 0.717) is 11.3 Å². The molecule has 2 heterocycles. The molecular formula is C18H25N3. The summed E-state index contributed by atoms with van der Waals surface area (Å²) in [4.78, 5) is 6.86. The van der Waals surface area contributed by atoms with Crippen LogP contribution < -0.4 is 0 Å². The fourth-order valence-corrected chi connectivity index (χ4v) is 3.61. The molecule has 3 nitrogen and oxygen atoms in total. The number of imidazole rings is 1. The molecule has 0 saturated carbocycles. The Kier molecular flexibility index (Phi) is 3.85. The molecule has 3 rings (SSSR count). The average Bonchev–Trinajstić information content (AvgIpc) is 3.03. The van der Waals surface area contributed by atoms with Crippen LogP contribution in [0.15, 0.2) is 42.9 Å². The van der Waals surface area contributed by atoms with E-state index in [9.17, 15) is 0 Å². The van der Waals surface area contributed by atoms with E-state index in [1.165, 1.54) is 11.3 Å². The summed E-state index contributed by atoms with van der Waals surface area (Å²) in [6, 6.07) is 10.9. The van der Waals surface area contributed by atoms with Crippen molar-refractivity contribution in [1.82, 2.24) is 14.5 Å². The molecule has 0 amide bonds. The van der Waals surface area contributed by atoms with E-state index in [1.807, 2.05) is 12.5 Å². The lowest BCUT2D eigenvalue weighted by Crippen LogP contribution is -2.24. The normalized spacial score (nSPS) is 21.8. The van der Waals surface area contributed by atoms with Crippen molar-refractivity contribution in [3.05, 3.63) is 54.1 Å². The first-order valence-electron chi connectivity index (χ1n) is 7.86. The Morgan fingerprint density at radius 1 is 1.24 bits per heavy atom. The van der Waals surface area contributed by atoms with Gasteiger partial charge in [-0.05, 0) is 17.9 Å². The number of rotatable bonds is 4. The van der Waals surface area contributed by atoms with E-state index in [4.69, 9.17) is 0 Å². The molecule has 0 N–H and O–H groups in total. The Labute approximate surface area is 127 Å². The minimum absolute atomic E-state index is 0.318. The van der Waals surface area contributed by atoms with Gasteiger partial charge in [-0.2, -0.15) is 0 Å². The van der Waals surface area contributed by atoms with E-state index < -0.39 is 0 Å². The number of aromatic nitrogens is 2. The lowest BCUT2D eigenvalue weighted by Gasteiger charge is -2.26. The summed E-state index contributed by atoms with van der Waals surface area (Å²) in [6.07, 6.45) is 3.94. The van der Waals surface area contributed by atoms with Gasteiger partial charge in [0, 0.05) is 38.3 Å². The molecule has 2 aromatic rings. The fraction of sp³-hybridized carbons (Fsp3) is 0.500. The molecule has 1 atom stereocenters. The molecule has 0 bridgehead atoms. The fourth-order valence-electron chi connectivity index (χ4n) is 3.61. The van der Waals surface area contributed by atoms with Gasteiger partial charge in [-0.3, -0.25) is 4.90 Å². The topological polar surface area (TPSA) is 21.1 Å². The van der Waals surface area contributed by atoms with Gasteiger partial charge < -0.3 is 4.57 Å². The van der Waals surface area contributed by atoms with Crippen molar-refractivity contribution in [2.75, 3.05) is 13.1 Å². The minimum atomic E-state index is 0.318. The molecule has 1 aromatic heterocycles. The van der Waals surface area contributed by atoms with Crippen LogP contribution >= 0.6 is 0 Å². The Balaban J connectivity index is 1.76. The standard InChI is InChI=1S/C18H25N3/c1-4-21-14-19-10-16(21)11-20-12-17(18(2,3)13-20)15-8-6-5-7-9-15/h5-10,14,17H,4,11-13H2,1-3H3/t17-/m1/s1. The predicted octanol–water partition coefficient (Wildman–Crippen LogP) is 3.53. The van der Waals surface area contributed by atoms with Crippen LogP contribution in [0.1, 0.15) is 37.9 Å². The van der Waals surface area contributed by atoms with E-state index in [-0.39, 0.29) is 0 Å². The smallest absolute Gasteiger partial charge is 0.0948 e. The third-order valence-corrected chi connectivity index (χ3v) is 4.74. The van der Waals surface area contributed by atoms with E-state index in [2.05, 4.69) is 65.6 Å². The maximum absolute atomic E-state index is 4.28. The zero-order chi connectivity index (χ0) is 14.9. The van der Waals surface area contributed by atoms with Gasteiger partial charge in [-0.25, -0.2) is 4.98 Å². The van der Waals surface area contributed by atoms with Crippen molar-refractivity contribution >= 4 is 0 Å². The van der Waals surface area contributed by atoms with Crippen LogP contribution in [-0.2, 0) is 13.1 Å². The lowest BCUT2D eigenvalue weighted by atomic mass is 9.78. The molecule has 21 heavy (non-hydrogen) atoms. The average molecular weight is 283 g/mol. The van der Waals surface area contributed by atoms with Crippen LogP contribution in [0.5, 0.6) is 0 Å². The summed E-state index contributed by atoms with van der Waals surface area (Å²) in [5.41, 5.74) is 3.11. The minimum Gasteiger partial charge on any atom is -0.334 e. The molecule has 0 radical (unpaired) electrons. The Bertz CT molecular complexity index is 586. The molecule has 112 valence electrons. The number of hydrogen-bond donors (Lipinski definition) is 0. The third kappa shape index (κ3) is 2.88. The van der Waals surface area contributed by atoms with Crippen LogP contribution in [0.25, 0.3) is 0 Å². The highest BCUT2D eigenvalue weighted by atomic mass is 15.2. The van der Waals surface area contributed by atoms with E-state index >= 15 is 0 Å². The van der Waals surface area contributed by atoms with Gasteiger partial charge in [0.2, 0.25) is 0 Å². The van der Waals surface area contributed by atoms with Crippen LogP contribution in [0.4, 0.5) is 0 Å². The van der Waals surface area contributed by atoms with Gasteiger partial charge in [-0.1, -0.05) is 44.2 Å². The lowest BCUT2D eigenvalue weighted by molar-refractivity contribution is 0.276. The second-order valence-electron chi connectivity index (χ2n) is 6.79. The molecule has 1 saturated heterocycles. The predicted molar refractivity (Wildman–Crippen MR) is 86.1 cm³/mol. The summed E-state index contributed by atoms with van der Waals surface area (Å²) in [7, 11) is 0. The van der Waals surface area contributed by atoms with Crippen molar-refractivity contribution in [3.63, 3.8) is 0 Å². The summed E-state index contributed by atoms with van der Waals surface area (Å²) in [6.45, 7) is 11.2. The molecule has 3 heteroatoms. The van der Waals surface area contributed by atoms with Gasteiger partial charge in [-0.15, -0.1) is 0 Å². The summed E-state index contributed by atoms with van der Waals surface area (Å²) >= 11 is 0. The van der Waals surface area contributed by atoms with Crippen LogP contribution in [0.3, 0.4) is 0 Å². The number of nitrogens with zero attached hydrogens (tertiary/aromatic N) is 3. The maximum atomic E-state index is 4.28. The number of aryl methyl sites for hydroxylation is 1. The zero-order valence-electron chi connectivity index (χ0n) is 13.3. The van der Waals surface area contributed by atoms with Crippen LogP contribution in [0, 0.1) is 5.41 Å². The summed E-state index contributed by atoms with van der Waals surface area (Å²) in [5.74, 6) is 0.608. The van der Waals surface area contributed by atoms with Crippen molar-refractivity contribution in [1.29, 1.82) is 0 Å². The van der Waals surface area contributed by atoms with Crippen LogP contribution in [-0.4, -0.2) is 27.5 Å². The SMILES string of the molecule is CCn1cncc1CN1C[C@H](c2ccccc2)C(C)(C)C1. The Hall–Kier alpha value is -1.61. The first-order valence-corrected chi connectivity index (χ1v) is 7.86. The highest BCUT2D eigenvalue weighted by Gasteiger charge is 2.40. The molecule has 1 aliphatic rings. The molecular weight excluding hydrogens is 258 g/mol. The van der Waals surface area contributed by atoms with E-state index in [0.717, 1.165) is 26.2 Å². The third-order valence-electron chi connectivity index (χ3n) is 4.74. The van der Waals surface area contributed by atoms with E-state index in [1.54, 1.807) is 0 Å². The second-order valence-corrected chi connectivity index (χ2v) is 6.79. The Morgan fingerprint density at radius 3 is 2.71 bits per heavy atom. The molecule has 1 aliphatic heterocycles. The van der Waals surface area contributed by atoms with Gasteiger partial charge in [0.1, 0.15) is 0 Å². The van der Waals surface area contributed by atoms with Gasteiger partial charge in [0.05, 0.1) is 12.0 Å². The highest BCUT2D eigenvalue weighted by Crippen LogP contribution is 2.42. The zero-order valence-corrected chi connectivity index (χ0v) is 13.3. The monoisotopic (exact) mass is 283 g/mol.